The molecule has 1 saturated heterocycles. The molecule has 0 radical (unpaired) electrons. The van der Waals surface area contributed by atoms with Crippen molar-refractivity contribution in [1.82, 2.24) is 0 Å². The maximum absolute atomic E-state index is 12.8. The Hall–Kier alpha value is -1.82. The third-order valence-electron chi connectivity index (χ3n) is 10.8. The minimum atomic E-state index is -1.59. The van der Waals surface area contributed by atoms with Gasteiger partial charge in [0.15, 0.2) is 12.4 Å². The highest BCUT2D eigenvalue weighted by molar-refractivity contribution is 5.70. The predicted molar refractivity (Wildman–Crippen MR) is 229 cm³/mol. The Labute approximate surface area is 347 Å². The summed E-state index contributed by atoms with van der Waals surface area (Å²) in [5.41, 5.74) is 0. The lowest BCUT2D eigenvalue weighted by atomic mass is 9.99. The maximum atomic E-state index is 12.8. The number of ether oxygens (including phenoxy) is 4. The molecule has 0 amide bonds. The average molecular weight is 811 g/mol. The van der Waals surface area contributed by atoms with Crippen molar-refractivity contribution in [3.8, 4) is 0 Å². The molecule has 0 bridgehead atoms. The van der Waals surface area contributed by atoms with Crippen LogP contribution in [0.25, 0.3) is 0 Å². The summed E-state index contributed by atoms with van der Waals surface area (Å²) in [5, 5.41) is 40.1. The van der Waals surface area contributed by atoms with Crippen molar-refractivity contribution in [2.24, 2.45) is 0 Å². The minimum absolute atomic E-state index is 0.217. The zero-order chi connectivity index (χ0) is 41.6. The molecule has 1 heterocycles. The number of carbonyl (C=O) groups excluding carboxylic acids is 2. The van der Waals surface area contributed by atoms with Crippen LogP contribution in [0.4, 0.5) is 0 Å². The van der Waals surface area contributed by atoms with Crippen molar-refractivity contribution in [3.63, 3.8) is 0 Å². The normalized spacial score (nSPS) is 20.4. The highest BCUT2D eigenvalue weighted by Crippen LogP contribution is 2.23. The van der Waals surface area contributed by atoms with Crippen LogP contribution in [-0.4, -0.2) is 89.0 Å². The molecule has 0 aromatic rings. The van der Waals surface area contributed by atoms with Crippen molar-refractivity contribution < 1.29 is 49.0 Å². The molecular weight excluding hydrogens is 725 g/mol. The molecule has 0 aliphatic carbocycles. The monoisotopic (exact) mass is 811 g/mol. The second-order valence-electron chi connectivity index (χ2n) is 16.2. The molecule has 6 atom stereocenters. The van der Waals surface area contributed by atoms with Gasteiger partial charge in [0.05, 0.1) is 13.2 Å². The summed E-state index contributed by atoms with van der Waals surface area (Å²) in [7, 11) is 0. The van der Waals surface area contributed by atoms with Crippen molar-refractivity contribution in [1.29, 1.82) is 0 Å². The molecule has 334 valence electrons. The van der Waals surface area contributed by atoms with E-state index in [4.69, 9.17) is 18.9 Å². The van der Waals surface area contributed by atoms with Gasteiger partial charge in [-0.3, -0.25) is 9.59 Å². The summed E-state index contributed by atoms with van der Waals surface area (Å²) in [5.74, 6) is -0.814. The first-order valence-corrected chi connectivity index (χ1v) is 23.4. The Morgan fingerprint density at radius 2 is 0.982 bits per heavy atom. The van der Waals surface area contributed by atoms with Gasteiger partial charge in [-0.2, -0.15) is 0 Å². The van der Waals surface area contributed by atoms with Crippen molar-refractivity contribution >= 4 is 11.9 Å². The number of allylic oxidation sites excluding steroid dienone is 4. The topological polar surface area (TPSA) is 152 Å². The van der Waals surface area contributed by atoms with E-state index in [-0.39, 0.29) is 32.0 Å². The van der Waals surface area contributed by atoms with Gasteiger partial charge in [0.2, 0.25) is 0 Å². The van der Waals surface area contributed by atoms with E-state index < -0.39 is 49.4 Å². The summed E-state index contributed by atoms with van der Waals surface area (Å²) in [4.78, 5) is 25.3. The van der Waals surface area contributed by atoms with Crippen LogP contribution in [0.3, 0.4) is 0 Å². The van der Waals surface area contributed by atoms with Gasteiger partial charge in [-0.05, 0) is 44.9 Å². The van der Waals surface area contributed by atoms with Crippen molar-refractivity contribution in [2.45, 2.75) is 243 Å². The van der Waals surface area contributed by atoms with E-state index in [0.29, 0.717) is 6.42 Å². The Morgan fingerprint density at radius 1 is 0.544 bits per heavy atom. The SMILES string of the molecule is CCCCC/C=C/C/C=C/CCCCCCCC(=O)O[C@@H](COC(=O)CCCCCCCCCCCCCCCCCCC)CO[C@H]1O[C@@H](CO)[C@@H](O)C(O)C1O. The van der Waals surface area contributed by atoms with E-state index in [1.807, 2.05) is 0 Å². The van der Waals surface area contributed by atoms with Crippen molar-refractivity contribution in [3.05, 3.63) is 24.3 Å². The minimum Gasteiger partial charge on any atom is -0.462 e. The quantitative estimate of drug-likeness (QED) is 0.0268. The number of aliphatic hydroxyl groups is 4. The van der Waals surface area contributed by atoms with Gasteiger partial charge in [-0.25, -0.2) is 0 Å². The van der Waals surface area contributed by atoms with Gasteiger partial charge < -0.3 is 39.4 Å². The van der Waals surface area contributed by atoms with Crippen LogP contribution in [-0.2, 0) is 28.5 Å². The number of hydrogen-bond acceptors (Lipinski definition) is 10. The number of unbranched alkanes of at least 4 members (excludes halogenated alkanes) is 24. The Bertz CT molecular complexity index is 985. The van der Waals surface area contributed by atoms with Crippen LogP contribution in [0.5, 0.6) is 0 Å². The number of rotatable bonds is 39. The second-order valence-corrected chi connectivity index (χ2v) is 16.2. The molecule has 0 aromatic heterocycles. The van der Waals surface area contributed by atoms with E-state index in [9.17, 15) is 30.0 Å². The lowest BCUT2D eigenvalue weighted by Gasteiger charge is -2.39. The number of carbonyl (C=O) groups is 2. The average Bonchev–Trinajstić information content (AvgIpc) is 3.21. The number of hydrogen-bond donors (Lipinski definition) is 4. The van der Waals surface area contributed by atoms with E-state index >= 15 is 0 Å². The fourth-order valence-electron chi connectivity index (χ4n) is 7.10. The highest BCUT2D eigenvalue weighted by Gasteiger charge is 2.44. The molecule has 1 aliphatic rings. The fraction of sp³-hybridized carbons (Fsp3) is 0.872. The molecular formula is C47H86O10. The zero-order valence-electron chi connectivity index (χ0n) is 36.3. The molecule has 0 spiro atoms. The third kappa shape index (κ3) is 30.0. The Kier molecular flexibility index (Phi) is 35.8. The van der Waals surface area contributed by atoms with Crippen molar-refractivity contribution in [2.75, 3.05) is 19.8 Å². The van der Waals surface area contributed by atoms with Gasteiger partial charge >= 0.3 is 11.9 Å². The zero-order valence-corrected chi connectivity index (χ0v) is 36.3. The second kappa shape index (κ2) is 38.4. The Balaban J connectivity index is 2.31. The summed E-state index contributed by atoms with van der Waals surface area (Å²) in [6, 6.07) is 0. The molecule has 0 saturated carbocycles. The molecule has 1 fully saturated rings. The largest absolute Gasteiger partial charge is 0.462 e. The van der Waals surface area contributed by atoms with Gasteiger partial charge in [-0.1, -0.05) is 173 Å². The first-order chi connectivity index (χ1) is 27.8. The van der Waals surface area contributed by atoms with Crippen LogP contribution in [0.1, 0.15) is 206 Å². The van der Waals surface area contributed by atoms with Crippen LogP contribution in [0.15, 0.2) is 24.3 Å². The molecule has 1 rings (SSSR count). The van der Waals surface area contributed by atoms with E-state index in [2.05, 4.69) is 38.2 Å². The van der Waals surface area contributed by atoms with Crippen LogP contribution in [0.2, 0.25) is 0 Å². The molecule has 10 nitrogen and oxygen atoms in total. The van der Waals surface area contributed by atoms with Gasteiger partial charge in [0.25, 0.3) is 0 Å². The van der Waals surface area contributed by atoms with E-state index in [1.54, 1.807) is 0 Å². The summed E-state index contributed by atoms with van der Waals surface area (Å²) in [6.45, 7) is 3.40. The van der Waals surface area contributed by atoms with E-state index in [1.165, 1.54) is 116 Å². The predicted octanol–water partition coefficient (Wildman–Crippen LogP) is 10.1. The standard InChI is InChI=1S/C47H86O10/c1-3-5-7-9-11-13-15-17-19-20-22-23-25-27-29-31-33-35-42(49)54-38-40(39-55-47-46(53)45(52)44(51)41(37-48)57-47)56-43(50)36-34-32-30-28-26-24-21-18-16-14-12-10-8-6-4-2/h12,14,18,21,40-41,44-48,51-53H,3-11,13,15-17,19-20,22-39H2,1-2H3/b14-12+,21-18+/t40-,41-,44+,45?,46?,47-/m0/s1. The molecule has 2 unspecified atom stereocenters. The molecule has 4 N–H and O–H groups in total. The molecule has 10 heteroatoms. The van der Waals surface area contributed by atoms with Gasteiger partial charge in [0.1, 0.15) is 31.0 Å². The smallest absolute Gasteiger partial charge is 0.306 e. The lowest BCUT2D eigenvalue weighted by molar-refractivity contribution is -0.305. The summed E-state index contributed by atoms with van der Waals surface area (Å²) >= 11 is 0. The molecule has 1 aliphatic heterocycles. The van der Waals surface area contributed by atoms with E-state index in [0.717, 1.165) is 57.8 Å². The van der Waals surface area contributed by atoms with Crippen LogP contribution in [0, 0.1) is 0 Å². The maximum Gasteiger partial charge on any atom is 0.306 e. The summed E-state index contributed by atoms with van der Waals surface area (Å²) in [6.07, 6.45) is 34.6. The van der Waals surface area contributed by atoms with Gasteiger partial charge in [0, 0.05) is 12.8 Å². The third-order valence-corrected chi connectivity index (χ3v) is 10.8. The lowest BCUT2D eigenvalue weighted by Crippen LogP contribution is -2.59. The Morgan fingerprint density at radius 3 is 1.49 bits per heavy atom. The fourth-order valence-corrected chi connectivity index (χ4v) is 7.10. The van der Waals surface area contributed by atoms with Crippen LogP contribution < -0.4 is 0 Å². The summed E-state index contributed by atoms with van der Waals surface area (Å²) < 4.78 is 22.2. The molecule has 57 heavy (non-hydrogen) atoms. The first-order valence-electron chi connectivity index (χ1n) is 23.4. The number of esters is 2. The molecule has 0 aromatic carbocycles. The van der Waals surface area contributed by atoms with Crippen LogP contribution >= 0.6 is 0 Å². The van der Waals surface area contributed by atoms with Gasteiger partial charge in [-0.15, -0.1) is 0 Å². The number of aliphatic hydroxyl groups excluding tert-OH is 4. The first kappa shape index (κ1) is 53.2. The highest BCUT2D eigenvalue weighted by atomic mass is 16.7.